The molecule has 1 fully saturated rings. The zero-order valence-electron chi connectivity index (χ0n) is 16.1. The van der Waals surface area contributed by atoms with Crippen LogP contribution in [-0.4, -0.2) is 55.3 Å². The molecule has 0 spiro atoms. The van der Waals surface area contributed by atoms with E-state index < -0.39 is 6.10 Å². The van der Waals surface area contributed by atoms with Crippen LogP contribution in [0, 0.1) is 6.92 Å². The Hall–Kier alpha value is -2.81. The van der Waals surface area contributed by atoms with Crippen molar-refractivity contribution in [2.24, 2.45) is 0 Å². The van der Waals surface area contributed by atoms with Crippen LogP contribution in [0.2, 0.25) is 5.02 Å². The summed E-state index contributed by atoms with van der Waals surface area (Å²) in [6, 6.07) is 7.49. The topological polar surface area (TPSA) is 95.0 Å². The average molecular weight is 440 g/mol. The van der Waals surface area contributed by atoms with Crippen molar-refractivity contribution in [1.82, 2.24) is 25.1 Å². The van der Waals surface area contributed by atoms with E-state index in [2.05, 4.69) is 15.2 Å². The van der Waals surface area contributed by atoms with Crippen molar-refractivity contribution in [3.8, 4) is 21.1 Å². The van der Waals surface area contributed by atoms with Gasteiger partial charge in [0.15, 0.2) is 0 Å². The van der Waals surface area contributed by atoms with Gasteiger partial charge in [0.1, 0.15) is 16.4 Å². The largest absolute Gasteiger partial charge is 0.391 e. The summed E-state index contributed by atoms with van der Waals surface area (Å²) in [6.07, 6.45) is 3.51. The normalized spacial score (nSPS) is 16.5. The van der Waals surface area contributed by atoms with Crippen molar-refractivity contribution in [1.29, 1.82) is 0 Å². The number of hydrogen-bond acceptors (Lipinski definition) is 6. The molecule has 1 unspecified atom stereocenters. The highest BCUT2D eigenvalue weighted by atomic mass is 35.5. The summed E-state index contributed by atoms with van der Waals surface area (Å²) < 4.78 is 0. The number of likely N-dealkylation sites (tertiary alicyclic amines) is 1. The average Bonchev–Trinajstić information content (AvgIpc) is 3.48. The smallest absolute Gasteiger partial charge is 0.274 e. The Morgan fingerprint density at radius 3 is 2.97 bits per heavy atom. The third kappa shape index (κ3) is 3.17. The number of H-pyrrole nitrogens is 1. The molecule has 0 saturated carbocycles. The molecule has 1 amide bonds. The Bertz CT molecular complexity index is 1250. The molecule has 0 bridgehead atoms. The number of pyridine rings is 1. The zero-order chi connectivity index (χ0) is 20.8. The molecular formula is C21H18ClN5O2S. The minimum atomic E-state index is -0.488. The minimum absolute atomic E-state index is 0.184. The van der Waals surface area contributed by atoms with Crippen LogP contribution in [0.5, 0.6) is 0 Å². The van der Waals surface area contributed by atoms with Gasteiger partial charge >= 0.3 is 0 Å². The molecule has 3 aromatic heterocycles. The monoisotopic (exact) mass is 439 g/mol. The van der Waals surface area contributed by atoms with E-state index in [0.29, 0.717) is 35.2 Å². The lowest BCUT2D eigenvalue weighted by Gasteiger charge is -2.14. The quantitative estimate of drug-likeness (QED) is 0.504. The number of amides is 1. The number of benzene rings is 1. The number of nitrogens with zero attached hydrogens (tertiary/aromatic N) is 4. The second kappa shape index (κ2) is 7.46. The van der Waals surface area contributed by atoms with Gasteiger partial charge in [-0.25, -0.2) is 4.98 Å². The van der Waals surface area contributed by atoms with Crippen LogP contribution >= 0.6 is 22.9 Å². The summed E-state index contributed by atoms with van der Waals surface area (Å²) in [5.41, 5.74) is 3.62. The highest BCUT2D eigenvalue weighted by Gasteiger charge is 2.30. The number of halogens is 1. The summed E-state index contributed by atoms with van der Waals surface area (Å²) in [5, 5.41) is 19.6. The molecule has 7 nitrogen and oxygen atoms in total. The number of fused-ring (bicyclic) bond motifs is 1. The van der Waals surface area contributed by atoms with Crippen LogP contribution < -0.4 is 0 Å². The molecule has 9 heteroatoms. The highest BCUT2D eigenvalue weighted by Crippen LogP contribution is 2.39. The van der Waals surface area contributed by atoms with Gasteiger partial charge < -0.3 is 10.0 Å². The predicted molar refractivity (Wildman–Crippen MR) is 117 cm³/mol. The SMILES string of the molecule is Cc1c(Cl)ccc2c(-c3nc(C(=O)N4CCC(O)C4)c(-c4cccnc4)s3)[nH]nc12. The van der Waals surface area contributed by atoms with E-state index >= 15 is 0 Å². The molecule has 1 aliphatic heterocycles. The fourth-order valence-electron chi connectivity index (χ4n) is 3.70. The van der Waals surface area contributed by atoms with E-state index in [4.69, 9.17) is 16.6 Å². The maximum Gasteiger partial charge on any atom is 0.274 e. The molecular weight excluding hydrogens is 422 g/mol. The molecule has 1 atom stereocenters. The number of hydrogen-bond donors (Lipinski definition) is 2. The van der Waals surface area contributed by atoms with Crippen LogP contribution in [-0.2, 0) is 0 Å². The fourth-order valence-corrected chi connectivity index (χ4v) is 4.91. The Labute approximate surface area is 181 Å². The Morgan fingerprint density at radius 1 is 1.37 bits per heavy atom. The van der Waals surface area contributed by atoms with Gasteiger partial charge in [0.2, 0.25) is 0 Å². The number of aliphatic hydroxyl groups excluding tert-OH is 1. The Morgan fingerprint density at radius 2 is 2.23 bits per heavy atom. The second-order valence-corrected chi connectivity index (χ2v) is 8.71. The Balaban J connectivity index is 1.65. The van der Waals surface area contributed by atoms with E-state index in [1.807, 2.05) is 31.2 Å². The third-order valence-electron chi connectivity index (χ3n) is 5.33. The Kier molecular flexibility index (Phi) is 4.77. The number of aromatic amines is 1. The van der Waals surface area contributed by atoms with Crippen LogP contribution in [0.15, 0.2) is 36.7 Å². The first-order valence-electron chi connectivity index (χ1n) is 9.55. The number of β-amino-alcohol motifs (C(OH)–C–C–N with tert-alkyl or cyclic N) is 1. The summed E-state index contributed by atoms with van der Waals surface area (Å²) in [5.74, 6) is -0.184. The lowest BCUT2D eigenvalue weighted by atomic mass is 10.1. The second-order valence-electron chi connectivity index (χ2n) is 7.30. The van der Waals surface area contributed by atoms with Crippen molar-refractivity contribution < 1.29 is 9.90 Å². The number of carbonyl (C=O) groups is 1. The summed E-state index contributed by atoms with van der Waals surface area (Å²) in [7, 11) is 0. The maximum atomic E-state index is 13.2. The highest BCUT2D eigenvalue weighted by molar-refractivity contribution is 7.18. The molecule has 0 aliphatic carbocycles. The number of thiazole rings is 1. The standard InChI is InChI=1S/C21H18ClN5O2S/c1-11-15(22)5-4-14-16(11)25-26-17(14)20-24-18(21(29)27-8-6-13(28)10-27)19(30-20)12-3-2-7-23-9-12/h2-5,7,9,13,28H,6,8,10H2,1H3,(H,25,26). The van der Waals surface area contributed by atoms with Crippen molar-refractivity contribution in [2.45, 2.75) is 19.4 Å². The van der Waals surface area contributed by atoms with Crippen molar-refractivity contribution in [3.63, 3.8) is 0 Å². The molecule has 152 valence electrons. The van der Waals surface area contributed by atoms with Crippen molar-refractivity contribution >= 4 is 39.7 Å². The summed E-state index contributed by atoms with van der Waals surface area (Å²) in [6.45, 7) is 2.76. The van der Waals surface area contributed by atoms with Gasteiger partial charge in [-0.15, -0.1) is 11.3 Å². The van der Waals surface area contributed by atoms with Crippen LogP contribution in [0.4, 0.5) is 0 Å². The van der Waals surface area contributed by atoms with E-state index in [-0.39, 0.29) is 5.91 Å². The summed E-state index contributed by atoms with van der Waals surface area (Å²) in [4.78, 5) is 24.5. The molecule has 1 aromatic carbocycles. The lowest BCUT2D eigenvalue weighted by molar-refractivity contribution is 0.0761. The van der Waals surface area contributed by atoms with Crippen LogP contribution in [0.1, 0.15) is 22.5 Å². The van der Waals surface area contributed by atoms with Crippen LogP contribution in [0.3, 0.4) is 0 Å². The van der Waals surface area contributed by atoms with Gasteiger partial charge in [0.25, 0.3) is 5.91 Å². The van der Waals surface area contributed by atoms with Gasteiger partial charge in [0, 0.05) is 41.5 Å². The molecule has 2 N–H and O–H groups in total. The predicted octanol–water partition coefficient (Wildman–Crippen LogP) is 3.92. The number of carbonyl (C=O) groups excluding carboxylic acids is 1. The molecule has 0 radical (unpaired) electrons. The first-order chi connectivity index (χ1) is 14.5. The fraction of sp³-hybridized carbons (Fsp3) is 0.238. The van der Waals surface area contributed by atoms with E-state index in [1.165, 1.54) is 11.3 Å². The van der Waals surface area contributed by atoms with Crippen molar-refractivity contribution in [2.75, 3.05) is 13.1 Å². The number of aromatic nitrogens is 4. The molecule has 1 saturated heterocycles. The molecule has 5 rings (SSSR count). The number of nitrogens with one attached hydrogen (secondary N) is 1. The molecule has 4 aromatic rings. The van der Waals surface area contributed by atoms with Gasteiger partial charge in [-0.3, -0.25) is 14.9 Å². The number of aryl methyl sites for hydroxylation is 1. The maximum absolute atomic E-state index is 13.2. The minimum Gasteiger partial charge on any atom is -0.391 e. The third-order valence-corrected chi connectivity index (χ3v) is 6.86. The number of aliphatic hydroxyl groups is 1. The first-order valence-corrected chi connectivity index (χ1v) is 10.7. The number of rotatable bonds is 3. The zero-order valence-corrected chi connectivity index (χ0v) is 17.7. The van der Waals surface area contributed by atoms with Gasteiger partial charge in [-0.05, 0) is 37.1 Å². The molecule has 1 aliphatic rings. The molecule has 30 heavy (non-hydrogen) atoms. The molecule has 4 heterocycles. The summed E-state index contributed by atoms with van der Waals surface area (Å²) >= 11 is 7.65. The van der Waals surface area contributed by atoms with E-state index in [1.54, 1.807) is 17.3 Å². The van der Waals surface area contributed by atoms with Crippen LogP contribution in [0.25, 0.3) is 32.0 Å². The van der Waals surface area contributed by atoms with Gasteiger partial charge in [-0.2, -0.15) is 5.10 Å². The first kappa shape index (κ1) is 19.2. The van der Waals surface area contributed by atoms with Crippen molar-refractivity contribution in [3.05, 3.63) is 52.9 Å². The lowest BCUT2D eigenvalue weighted by Crippen LogP contribution is -2.30. The van der Waals surface area contributed by atoms with E-state index in [0.717, 1.165) is 32.6 Å². The van der Waals surface area contributed by atoms with E-state index in [9.17, 15) is 9.90 Å². The van der Waals surface area contributed by atoms with Gasteiger partial charge in [-0.1, -0.05) is 17.7 Å². The van der Waals surface area contributed by atoms with Gasteiger partial charge in [0.05, 0.1) is 16.5 Å².